The summed E-state index contributed by atoms with van der Waals surface area (Å²) in [5.74, 6) is -0.984. The zero-order chi connectivity index (χ0) is 22.0. The Morgan fingerprint density at radius 2 is 1.87 bits per heavy atom. The van der Waals surface area contributed by atoms with Crippen molar-refractivity contribution in [3.05, 3.63) is 89.6 Å². The van der Waals surface area contributed by atoms with Crippen molar-refractivity contribution in [3.8, 4) is 6.07 Å². The van der Waals surface area contributed by atoms with Crippen molar-refractivity contribution in [2.45, 2.75) is 6.54 Å². The van der Waals surface area contributed by atoms with E-state index in [1.165, 1.54) is 4.90 Å². The first kappa shape index (κ1) is 20.3. The van der Waals surface area contributed by atoms with E-state index in [1.54, 1.807) is 18.2 Å². The van der Waals surface area contributed by atoms with Gasteiger partial charge in [-0.1, -0.05) is 42.5 Å². The minimum absolute atomic E-state index is 0.00998. The van der Waals surface area contributed by atoms with Crippen LogP contribution in [0.5, 0.6) is 0 Å². The van der Waals surface area contributed by atoms with E-state index in [9.17, 15) is 14.9 Å². The van der Waals surface area contributed by atoms with Crippen LogP contribution in [0.3, 0.4) is 0 Å². The molecule has 0 atom stereocenters. The third-order valence-electron chi connectivity index (χ3n) is 5.10. The van der Waals surface area contributed by atoms with E-state index >= 15 is 0 Å². The Kier molecular flexibility index (Phi) is 5.48. The lowest BCUT2D eigenvalue weighted by Gasteiger charge is -2.27. The molecule has 1 aliphatic rings. The molecule has 0 aliphatic carbocycles. The number of carbonyl (C=O) groups is 2. The number of nitrogens with one attached hydrogen (secondary N) is 1. The summed E-state index contributed by atoms with van der Waals surface area (Å²) in [7, 11) is 0. The lowest BCUT2D eigenvalue weighted by atomic mass is 10.1. The first-order valence-electron chi connectivity index (χ1n) is 9.59. The summed E-state index contributed by atoms with van der Waals surface area (Å²) in [6.07, 6.45) is 5.03. The van der Waals surface area contributed by atoms with E-state index in [1.807, 2.05) is 53.2 Å². The van der Waals surface area contributed by atoms with Crippen LogP contribution in [0, 0.1) is 11.3 Å². The molecule has 0 radical (unpaired) electrons. The second-order valence-electron chi connectivity index (χ2n) is 7.02. The summed E-state index contributed by atoms with van der Waals surface area (Å²) in [5.41, 5.74) is 3.17. The highest BCUT2D eigenvalue weighted by Gasteiger charge is 2.32. The van der Waals surface area contributed by atoms with Crippen molar-refractivity contribution >= 4 is 46.1 Å². The number of nitriles is 1. The van der Waals surface area contributed by atoms with Crippen molar-refractivity contribution < 1.29 is 9.59 Å². The molecule has 2 heterocycles. The highest BCUT2D eigenvalue weighted by atomic mass is 32.1. The maximum absolute atomic E-state index is 12.9. The van der Waals surface area contributed by atoms with Crippen LogP contribution in [0.2, 0.25) is 0 Å². The number of nitrogens with zero attached hydrogens (tertiary/aromatic N) is 3. The second-order valence-corrected chi connectivity index (χ2v) is 7.41. The van der Waals surface area contributed by atoms with Gasteiger partial charge in [0.05, 0.1) is 11.6 Å². The van der Waals surface area contributed by atoms with Crippen LogP contribution in [-0.4, -0.2) is 32.9 Å². The number of aromatic nitrogens is 1. The van der Waals surface area contributed by atoms with Crippen LogP contribution in [0.1, 0.15) is 16.7 Å². The van der Waals surface area contributed by atoms with Gasteiger partial charge >= 0.3 is 0 Å². The van der Waals surface area contributed by atoms with Crippen LogP contribution < -0.4 is 5.32 Å². The van der Waals surface area contributed by atoms with Crippen molar-refractivity contribution in [3.63, 3.8) is 0 Å². The largest absolute Gasteiger partial charge is 0.342 e. The molecule has 3 aromatic rings. The zero-order valence-corrected chi connectivity index (χ0v) is 17.4. The molecule has 2 aromatic carbocycles. The lowest BCUT2D eigenvalue weighted by Crippen LogP contribution is -2.53. The minimum Gasteiger partial charge on any atom is -0.342 e. The number of amides is 2. The summed E-state index contributed by atoms with van der Waals surface area (Å²) in [5, 5.41) is 12.9. The van der Waals surface area contributed by atoms with E-state index in [-0.39, 0.29) is 17.2 Å². The van der Waals surface area contributed by atoms with Crippen LogP contribution >= 0.6 is 12.2 Å². The fourth-order valence-corrected chi connectivity index (χ4v) is 3.87. The van der Waals surface area contributed by atoms with Gasteiger partial charge in [0, 0.05) is 35.8 Å². The summed E-state index contributed by atoms with van der Waals surface area (Å²) < 4.78 is 2.01. The number of benzene rings is 2. The van der Waals surface area contributed by atoms with E-state index in [2.05, 4.69) is 18.0 Å². The zero-order valence-electron chi connectivity index (χ0n) is 16.5. The molecule has 0 saturated carbocycles. The van der Waals surface area contributed by atoms with Gasteiger partial charge in [0.1, 0.15) is 5.57 Å². The molecule has 1 aliphatic heterocycles. The topological polar surface area (TPSA) is 78.1 Å². The number of carbonyl (C=O) groups excluding carboxylic acids is 2. The normalized spacial score (nSPS) is 15.3. The van der Waals surface area contributed by atoms with Gasteiger partial charge in [-0.25, -0.2) is 0 Å². The van der Waals surface area contributed by atoms with Crippen molar-refractivity contribution in [2.75, 3.05) is 6.54 Å². The quantitative estimate of drug-likeness (QED) is 0.294. The monoisotopic (exact) mass is 426 g/mol. The molecule has 31 heavy (non-hydrogen) atoms. The summed E-state index contributed by atoms with van der Waals surface area (Å²) in [6, 6.07) is 17.4. The predicted molar refractivity (Wildman–Crippen MR) is 123 cm³/mol. The summed E-state index contributed by atoms with van der Waals surface area (Å²) >= 11 is 5.11. The molecule has 0 bridgehead atoms. The highest BCUT2D eigenvalue weighted by Crippen LogP contribution is 2.26. The number of thiocarbonyl (C=S) groups is 1. The molecule has 0 unspecified atom stereocenters. The maximum Gasteiger partial charge on any atom is 0.265 e. The Bertz CT molecular complexity index is 1310. The Morgan fingerprint density at radius 1 is 1.13 bits per heavy atom. The van der Waals surface area contributed by atoms with Crippen LogP contribution in [0.15, 0.2) is 73.0 Å². The number of fused-ring (bicyclic) bond motifs is 1. The number of hydrogen-bond acceptors (Lipinski definition) is 4. The average molecular weight is 427 g/mol. The van der Waals surface area contributed by atoms with Gasteiger partial charge in [0.25, 0.3) is 11.8 Å². The Labute approximate surface area is 184 Å². The lowest BCUT2D eigenvalue weighted by molar-refractivity contribution is -0.128. The van der Waals surface area contributed by atoms with Gasteiger partial charge in [-0.15, -0.1) is 6.58 Å². The maximum atomic E-state index is 12.9. The Balaban J connectivity index is 1.79. The molecule has 7 heteroatoms. The average Bonchev–Trinajstić information content (AvgIpc) is 3.12. The fraction of sp³-hybridized carbons (Fsp3) is 0.0833. The molecule has 4 rings (SSSR count). The first-order chi connectivity index (χ1) is 15.0. The SMILES string of the molecule is C=CCN1C(=O)/C(=C/c2cn(Cc3ccccc3C#N)c3ccccc23)C(=O)NC1=S. The fourth-order valence-electron chi connectivity index (χ4n) is 3.62. The van der Waals surface area contributed by atoms with Crippen LogP contribution in [-0.2, 0) is 16.1 Å². The third kappa shape index (κ3) is 3.77. The van der Waals surface area contributed by atoms with Gasteiger partial charge in [0.15, 0.2) is 5.11 Å². The summed E-state index contributed by atoms with van der Waals surface area (Å²) in [6.45, 7) is 4.33. The van der Waals surface area contributed by atoms with Crippen molar-refractivity contribution in [1.29, 1.82) is 5.26 Å². The smallest absolute Gasteiger partial charge is 0.265 e. The number of rotatable bonds is 5. The van der Waals surface area contributed by atoms with E-state index in [4.69, 9.17) is 12.2 Å². The molecule has 2 amide bonds. The molecule has 1 N–H and O–H groups in total. The van der Waals surface area contributed by atoms with Crippen molar-refractivity contribution in [1.82, 2.24) is 14.8 Å². The summed E-state index contributed by atoms with van der Waals surface area (Å²) in [4.78, 5) is 26.7. The van der Waals surface area contributed by atoms with Gasteiger partial charge in [0.2, 0.25) is 0 Å². The van der Waals surface area contributed by atoms with Gasteiger partial charge in [-0.3, -0.25) is 19.8 Å². The molecule has 0 spiro atoms. The van der Waals surface area contributed by atoms with E-state index in [0.717, 1.165) is 22.0 Å². The third-order valence-corrected chi connectivity index (χ3v) is 5.42. The van der Waals surface area contributed by atoms with E-state index in [0.29, 0.717) is 12.1 Å². The minimum atomic E-state index is -0.526. The van der Waals surface area contributed by atoms with Gasteiger partial charge in [-0.2, -0.15) is 5.26 Å². The second kappa shape index (κ2) is 8.38. The molecule has 152 valence electrons. The van der Waals surface area contributed by atoms with Crippen LogP contribution in [0.4, 0.5) is 0 Å². The van der Waals surface area contributed by atoms with E-state index < -0.39 is 11.8 Å². The first-order valence-corrected chi connectivity index (χ1v) is 10.00. The molecule has 1 saturated heterocycles. The Morgan fingerprint density at radius 3 is 2.65 bits per heavy atom. The predicted octanol–water partition coefficient (Wildman–Crippen LogP) is 3.37. The molecule has 6 nitrogen and oxygen atoms in total. The number of para-hydroxylation sites is 1. The Hall–Kier alpha value is -4.02. The molecule has 1 fully saturated rings. The number of hydrogen-bond donors (Lipinski definition) is 1. The molecular weight excluding hydrogens is 408 g/mol. The van der Waals surface area contributed by atoms with Crippen molar-refractivity contribution in [2.24, 2.45) is 0 Å². The standard InChI is InChI=1S/C24H18N4O2S/c1-2-11-28-23(30)20(22(29)26-24(28)31)12-18-15-27(21-10-6-5-9-19(18)21)14-17-8-4-3-7-16(17)13-25/h2-10,12,15H,1,11,14H2,(H,26,29,31)/b20-12+. The molecule has 1 aromatic heterocycles. The molecular formula is C24H18N4O2S. The highest BCUT2D eigenvalue weighted by molar-refractivity contribution is 7.80. The van der Waals surface area contributed by atoms with Gasteiger partial charge < -0.3 is 4.57 Å². The van der Waals surface area contributed by atoms with Crippen LogP contribution in [0.25, 0.3) is 17.0 Å². The van der Waals surface area contributed by atoms with Gasteiger partial charge in [-0.05, 0) is 36.0 Å².